The Morgan fingerprint density at radius 3 is 2.16 bits per heavy atom. The molecule has 0 spiro atoms. The Bertz CT molecular complexity index is 184. The van der Waals surface area contributed by atoms with Gasteiger partial charge in [-0.1, -0.05) is 27.7 Å². The molecule has 0 radical (unpaired) electrons. The standard InChI is InChI=1S/C16H36N2O/c1-6-15(17-9-4)11-10-12-18(13-14-19-5)16(7-2)8-3/h15-17H,6-14H2,1-5H3. The second kappa shape index (κ2) is 12.9. The molecule has 3 nitrogen and oxygen atoms in total. The van der Waals surface area contributed by atoms with Crippen molar-refractivity contribution in [2.45, 2.75) is 71.9 Å². The smallest absolute Gasteiger partial charge is 0.0589 e. The van der Waals surface area contributed by atoms with E-state index in [0.29, 0.717) is 6.04 Å². The predicted molar refractivity (Wildman–Crippen MR) is 84.8 cm³/mol. The lowest BCUT2D eigenvalue weighted by atomic mass is 10.1. The molecule has 0 saturated carbocycles. The zero-order valence-electron chi connectivity index (χ0n) is 13.9. The van der Waals surface area contributed by atoms with Gasteiger partial charge in [-0.3, -0.25) is 4.90 Å². The van der Waals surface area contributed by atoms with Crippen molar-refractivity contribution in [1.82, 2.24) is 10.2 Å². The minimum atomic E-state index is 0.691. The summed E-state index contributed by atoms with van der Waals surface area (Å²) in [5.41, 5.74) is 0. The molecule has 0 aromatic heterocycles. The summed E-state index contributed by atoms with van der Waals surface area (Å²) in [6.07, 6.45) is 6.28. The van der Waals surface area contributed by atoms with Gasteiger partial charge in [0.1, 0.15) is 0 Å². The van der Waals surface area contributed by atoms with Gasteiger partial charge < -0.3 is 10.1 Å². The second-order valence-corrected chi connectivity index (χ2v) is 5.30. The highest BCUT2D eigenvalue weighted by atomic mass is 16.5. The molecule has 0 heterocycles. The van der Waals surface area contributed by atoms with Gasteiger partial charge in [-0.2, -0.15) is 0 Å². The monoisotopic (exact) mass is 272 g/mol. The molecular weight excluding hydrogens is 236 g/mol. The van der Waals surface area contributed by atoms with E-state index in [1.165, 1.54) is 38.6 Å². The maximum absolute atomic E-state index is 5.24. The fourth-order valence-corrected chi connectivity index (χ4v) is 2.77. The van der Waals surface area contributed by atoms with Gasteiger partial charge in [0.05, 0.1) is 6.61 Å². The Hall–Kier alpha value is -0.120. The maximum Gasteiger partial charge on any atom is 0.0589 e. The third-order valence-electron chi connectivity index (χ3n) is 4.03. The van der Waals surface area contributed by atoms with E-state index in [9.17, 15) is 0 Å². The van der Waals surface area contributed by atoms with Crippen LogP contribution in [0.15, 0.2) is 0 Å². The van der Waals surface area contributed by atoms with Crippen LogP contribution in [0.1, 0.15) is 59.8 Å². The lowest BCUT2D eigenvalue weighted by Gasteiger charge is -2.30. The van der Waals surface area contributed by atoms with Crippen molar-refractivity contribution in [3.63, 3.8) is 0 Å². The number of hydrogen-bond acceptors (Lipinski definition) is 3. The summed E-state index contributed by atoms with van der Waals surface area (Å²) in [5, 5.41) is 3.56. The summed E-state index contributed by atoms with van der Waals surface area (Å²) in [6.45, 7) is 13.3. The second-order valence-electron chi connectivity index (χ2n) is 5.30. The van der Waals surface area contributed by atoms with Crippen molar-refractivity contribution in [3.05, 3.63) is 0 Å². The van der Waals surface area contributed by atoms with Crippen molar-refractivity contribution >= 4 is 0 Å². The number of hydrogen-bond donors (Lipinski definition) is 1. The van der Waals surface area contributed by atoms with E-state index < -0.39 is 0 Å². The highest BCUT2D eigenvalue weighted by Crippen LogP contribution is 2.11. The van der Waals surface area contributed by atoms with E-state index in [1.54, 1.807) is 7.11 Å². The van der Waals surface area contributed by atoms with Crippen LogP contribution in [0, 0.1) is 0 Å². The van der Waals surface area contributed by atoms with Crippen LogP contribution in [-0.2, 0) is 4.74 Å². The summed E-state index contributed by atoms with van der Waals surface area (Å²) in [5.74, 6) is 0. The quantitative estimate of drug-likeness (QED) is 0.557. The average molecular weight is 272 g/mol. The molecule has 0 amide bonds. The van der Waals surface area contributed by atoms with E-state index in [2.05, 4.69) is 37.9 Å². The number of methoxy groups -OCH3 is 1. The first-order chi connectivity index (χ1) is 9.23. The van der Waals surface area contributed by atoms with E-state index in [-0.39, 0.29) is 0 Å². The fourth-order valence-electron chi connectivity index (χ4n) is 2.77. The van der Waals surface area contributed by atoms with Crippen LogP contribution >= 0.6 is 0 Å². The van der Waals surface area contributed by atoms with Crippen LogP contribution in [0.25, 0.3) is 0 Å². The van der Waals surface area contributed by atoms with Crippen LogP contribution in [0.5, 0.6) is 0 Å². The number of rotatable bonds is 13. The molecule has 0 fully saturated rings. The van der Waals surface area contributed by atoms with Crippen LogP contribution in [-0.4, -0.2) is 50.3 Å². The molecule has 0 aliphatic carbocycles. The largest absolute Gasteiger partial charge is 0.383 e. The van der Waals surface area contributed by atoms with Gasteiger partial charge in [0, 0.05) is 25.7 Å². The summed E-state index contributed by atoms with van der Waals surface area (Å²) < 4.78 is 5.24. The zero-order valence-corrected chi connectivity index (χ0v) is 13.9. The van der Waals surface area contributed by atoms with Crippen LogP contribution in [0.3, 0.4) is 0 Å². The van der Waals surface area contributed by atoms with Gasteiger partial charge in [0.15, 0.2) is 0 Å². The van der Waals surface area contributed by atoms with Gasteiger partial charge in [-0.05, 0) is 45.2 Å². The molecule has 1 N–H and O–H groups in total. The van der Waals surface area contributed by atoms with Crippen LogP contribution < -0.4 is 5.32 Å². The van der Waals surface area contributed by atoms with Gasteiger partial charge in [-0.25, -0.2) is 0 Å². The maximum atomic E-state index is 5.24. The van der Waals surface area contributed by atoms with Crippen LogP contribution in [0.4, 0.5) is 0 Å². The fraction of sp³-hybridized carbons (Fsp3) is 1.00. The molecule has 1 unspecified atom stereocenters. The normalized spacial score (nSPS) is 13.4. The molecule has 0 aliphatic rings. The van der Waals surface area contributed by atoms with Crippen molar-refractivity contribution in [3.8, 4) is 0 Å². The molecular formula is C16H36N2O. The lowest BCUT2D eigenvalue weighted by Crippen LogP contribution is -2.38. The van der Waals surface area contributed by atoms with Crippen molar-refractivity contribution in [2.24, 2.45) is 0 Å². The summed E-state index contributed by atoms with van der Waals surface area (Å²) in [4.78, 5) is 2.61. The molecule has 0 saturated heterocycles. The van der Waals surface area contributed by atoms with Gasteiger partial charge >= 0.3 is 0 Å². The molecule has 0 aromatic carbocycles. The Morgan fingerprint density at radius 2 is 1.68 bits per heavy atom. The van der Waals surface area contributed by atoms with Gasteiger partial charge in [0.2, 0.25) is 0 Å². The van der Waals surface area contributed by atoms with E-state index in [0.717, 1.165) is 25.7 Å². The highest BCUT2D eigenvalue weighted by Gasteiger charge is 2.15. The number of nitrogens with one attached hydrogen (secondary N) is 1. The SMILES string of the molecule is CCNC(CC)CCCN(CCOC)C(CC)CC. The van der Waals surface area contributed by atoms with Crippen molar-refractivity contribution < 1.29 is 4.74 Å². The third-order valence-corrected chi connectivity index (χ3v) is 4.03. The lowest BCUT2D eigenvalue weighted by molar-refractivity contribution is 0.113. The Labute approximate surface area is 121 Å². The average Bonchev–Trinajstić information content (AvgIpc) is 2.44. The topological polar surface area (TPSA) is 24.5 Å². The minimum Gasteiger partial charge on any atom is -0.383 e. The molecule has 3 heteroatoms. The molecule has 0 rings (SSSR count). The molecule has 0 aromatic rings. The molecule has 1 atom stereocenters. The number of ether oxygens (including phenoxy) is 1. The number of nitrogens with zero attached hydrogens (tertiary/aromatic N) is 1. The molecule has 0 aliphatic heterocycles. The van der Waals surface area contributed by atoms with E-state index in [4.69, 9.17) is 4.74 Å². The van der Waals surface area contributed by atoms with Crippen molar-refractivity contribution in [2.75, 3.05) is 33.4 Å². The third kappa shape index (κ3) is 8.61. The van der Waals surface area contributed by atoms with Crippen LogP contribution in [0.2, 0.25) is 0 Å². The predicted octanol–water partition coefficient (Wildman–Crippen LogP) is 3.29. The Kier molecular flexibility index (Phi) is 12.8. The first-order valence-electron chi connectivity index (χ1n) is 8.19. The first kappa shape index (κ1) is 18.9. The Balaban J connectivity index is 4.09. The van der Waals surface area contributed by atoms with E-state index in [1.807, 2.05) is 0 Å². The van der Waals surface area contributed by atoms with Gasteiger partial charge in [0.25, 0.3) is 0 Å². The zero-order chi connectivity index (χ0) is 14.5. The summed E-state index contributed by atoms with van der Waals surface area (Å²) in [7, 11) is 1.80. The van der Waals surface area contributed by atoms with E-state index >= 15 is 0 Å². The molecule has 0 bridgehead atoms. The first-order valence-corrected chi connectivity index (χ1v) is 8.19. The molecule has 19 heavy (non-hydrogen) atoms. The minimum absolute atomic E-state index is 0.691. The van der Waals surface area contributed by atoms with Gasteiger partial charge in [-0.15, -0.1) is 0 Å². The molecule has 116 valence electrons. The van der Waals surface area contributed by atoms with Crippen molar-refractivity contribution in [1.29, 1.82) is 0 Å². The summed E-state index contributed by atoms with van der Waals surface area (Å²) in [6, 6.07) is 1.41. The summed E-state index contributed by atoms with van der Waals surface area (Å²) >= 11 is 0. The highest BCUT2D eigenvalue weighted by molar-refractivity contribution is 4.71. The Morgan fingerprint density at radius 1 is 1.00 bits per heavy atom.